The molecule has 1 aromatic carbocycles. The first-order chi connectivity index (χ1) is 13.3. The molecule has 1 aliphatic rings. The number of nitrogens with one attached hydrogen (secondary N) is 3. The maximum absolute atomic E-state index is 12.6. The molecule has 1 aromatic rings. The van der Waals surface area contributed by atoms with Gasteiger partial charge in [0.15, 0.2) is 5.96 Å². The molecule has 0 bridgehead atoms. The first-order valence-corrected chi connectivity index (χ1v) is 9.37. The lowest BCUT2D eigenvalue weighted by Crippen LogP contribution is -2.48. The van der Waals surface area contributed by atoms with E-state index in [-0.39, 0.29) is 30.0 Å². The molecule has 29 heavy (non-hydrogen) atoms. The number of benzene rings is 1. The van der Waals surface area contributed by atoms with Crippen molar-refractivity contribution in [3.05, 3.63) is 35.4 Å². The molecule has 1 amide bonds. The summed E-state index contributed by atoms with van der Waals surface area (Å²) >= 11 is 0. The fourth-order valence-corrected chi connectivity index (χ4v) is 2.77. The molecular formula is C19H28F3IN4O2. The molecule has 10 heteroatoms. The van der Waals surface area contributed by atoms with Crippen LogP contribution < -0.4 is 16.0 Å². The third-order valence-corrected chi connectivity index (χ3v) is 4.47. The molecule has 0 aromatic heterocycles. The van der Waals surface area contributed by atoms with E-state index in [1.807, 2.05) is 0 Å². The van der Waals surface area contributed by atoms with Gasteiger partial charge < -0.3 is 20.7 Å². The van der Waals surface area contributed by atoms with Crippen LogP contribution in [0.25, 0.3) is 0 Å². The number of hydrogen-bond donors (Lipinski definition) is 3. The molecule has 3 N–H and O–H groups in total. The normalized spacial score (nSPS) is 15.1. The zero-order valence-electron chi connectivity index (χ0n) is 16.5. The van der Waals surface area contributed by atoms with Crippen LogP contribution in [0, 0.1) is 5.92 Å². The summed E-state index contributed by atoms with van der Waals surface area (Å²) in [5.41, 5.74) is 0.151. The van der Waals surface area contributed by atoms with Crippen molar-refractivity contribution in [2.45, 2.75) is 38.4 Å². The first-order valence-electron chi connectivity index (χ1n) is 9.37. The molecule has 1 aliphatic carbocycles. The maximum Gasteiger partial charge on any atom is 0.416 e. The average molecular weight is 528 g/mol. The Hall–Kier alpha value is -1.72. The molecule has 1 unspecified atom stereocenters. The second-order valence-corrected chi connectivity index (χ2v) is 6.63. The molecule has 6 nitrogen and oxygen atoms in total. The Balaban J connectivity index is 0.00000420. The van der Waals surface area contributed by atoms with Gasteiger partial charge in [0, 0.05) is 20.1 Å². The number of carbonyl (C=O) groups is 1. The molecule has 0 saturated heterocycles. The van der Waals surface area contributed by atoms with Crippen LogP contribution >= 0.6 is 24.0 Å². The van der Waals surface area contributed by atoms with Gasteiger partial charge in [-0.25, -0.2) is 4.79 Å². The van der Waals surface area contributed by atoms with Crippen LogP contribution in [0.2, 0.25) is 0 Å². The van der Waals surface area contributed by atoms with Crippen molar-refractivity contribution in [3.8, 4) is 0 Å². The van der Waals surface area contributed by atoms with E-state index in [1.165, 1.54) is 12.1 Å². The zero-order valence-corrected chi connectivity index (χ0v) is 18.8. The summed E-state index contributed by atoms with van der Waals surface area (Å²) in [4.78, 5) is 15.8. The van der Waals surface area contributed by atoms with Crippen molar-refractivity contribution in [2.75, 3.05) is 26.7 Å². The Morgan fingerprint density at radius 3 is 2.41 bits per heavy atom. The maximum atomic E-state index is 12.6. The van der Waals surface area contributed by atoms with Gasteiger partial charge in [-0.3, -0.25) is 4.99 Å². The number of alkyl carbamates (subject to hydrolysis) is 1. The standard InChI is InChI=1S/C19H27F3N4O2.HI/c1-3-28-18(27)26-16(14-6-7-14)12-25-17(23-2)24-11-10-13-4-8-15(9-5-13)19(20,21)22;/h4-5,8-9,14,16H,3,6-7,10-12H2,1-2H3,(H,26,27)(H2,23,24,25);1H. The Morgan fingerprint density at radius 1 is 1.24 bits per heavy atom. The Kier molecular flexibility index (Phi) is 10.5. The number of halogens is 4. The molecule has 2 rings (SSSR count). The highest BCUT2D eigenvalue weighted by Gasteiger charge is 2.32. The number of amides is 1. The van der Waals surface area contributed by atoms with Gasteiger partial charge in [-0.05, 0) is 49.8 Å². The largest absolute Gasteiger partial charge is 0.450 e. The van der Waals surface area contributed by atoms with Gasteiger partial charge in [0.2, 0.25) is 0 Å². The second kappa shape index (κ2) is 12.1. The highest BCUT2D eigenvalue weighted by Crippen LogP contribution is 2.32. The van der Waals surface area contributed by atoms with E-state index in [9.17, 15) is 18.0 Å². The summed E-state index contributed by atoms with van der Waals surface area (Å²) < 4.78 is 42.7. The number of ether oxygens (including phenoxy) is 1. The van der Waals surface area contributed by atoms with Crippen molar-refractivity contribution >= 4 is 36.0 Å². The van der Waals surface area contributed by atoms with Gasteiger partial charge in [0.1, 0.15) is 0 Å². The SMILES string of the molecule is CCOC(=O)NC(CNC(=NC)NCCc1ccc(C(F)(F)F)cc1)C1CC1.I. The molecule has 0 heterocycles. The topological polar surface area (TPSA) is 74.8 Å². The fraction of sp³-hybridized carbons (Fsp3) is 0.579. The van der Waals surface area contributed by atoms with E-state index in [2.05, 4.69) is 20.9 Å². The third-order valence-electron chi connectivity index (χ3n) is 4.47. The van der Waals surface area contributed by atoms with Gasteiger partial charge in [-0.1, -0.05) is 12.1 Å². The monoisotopic (exact) mass is 528 g/mol. The predicted molar refractivity (Wildman–Crippen MR) is 117 cm³/mol. The highest BCUT2D eigenvalue weighted by molar-refractivity contribution is 14.0. The molecule has 0 radical (unpaired) electrons. The smallest absolute Gasteiger partial charge is 0.416 e. The lowest BCUT2D eigenvalue weighted by atomic mass is 10.1. The summed E-state index contributed by atoms with van der Waals surface area (Å²) in [6.07, 6.45) is -2.05. The molecular weight excluding hydrogens is 500 g/mol. The lowest BCUT2D eigenvalue weighted by Gasteiger charge is -2.20. The number of rotatable bonds is 8. The van der Waals surface area contributed by atoms with E-state index in [4.69, 9.17) is 4.74 Å². The van der Waals surface area contributed by atoms with Gasteiger partial charge in [-0.15, -0.1) is 24.0 Å². The minimum absolute atomic E-state index is 0. The molecule has 1 atom stereocenters. The predicted octanol–water partition coefficient (Wildman–Crippen LogP) is 3.56. The number of guanidine groups is 1. The summed E-state index contributed by atoms with van der Waals surface area (Å²) in [6.45, 7) is 3.12. The Morgan fingerprint density at radius 2 is 1.90 bits per heavy atom. The van der Waals surface area contributed by atoms with Crippen LogP contribution in [0.15, 0.2) is 29.3 Å². The minimum atomic E-state index is -4.32. The molecule has 164 valence electrons. The molecule has 1 fully saturated rings. The van der Waals surface area contributed by atoms with Crippen LogP contribution in [0.5, 0.6) is 0 Å². The number of alkyl halides is 3. The number of hydrogen-bond acceptors (Lipinski definition) is 3. The average Bonchev–Trinajstić information content (AvgIpc) is 3.48. The van der Waals surface area contributed by atoms with Crippen molar-refractivity contribution in [2.24, 2.45) is 10.9 Å². The van der Waals surface area contributed by atoms with Gasteiger partial charge in [0.05, 0.1) is 18.2 Å². The van der Waals surface area contributed by atoms with E-state index < -0.39 is 17.8 Å². The van der Waals surface area contributed by atoms with Gasteiger partial charge in [0.25, 0.3) is 0 Å². The zero-order chi connectivity index (χ0) is 20.6. The summed E-state index contributed by atoms with van der Waals surface area (Å²) in [7, 11) is 1.64. The Bertz CT molecular complexity index is 664. The van der Waals surface area contributed by atoms with Crippen molar-refractivity contribution in [1.29, 1.82) is 0 Å². The number of aliphatic imine (C=N–C) groups is 1. The van der Waals surface area contributed by atoms with Crippen LogP contribution in [0.4, 0.5) is 18.0 Å². The van der Waals surface area contributed by atoms with E-state index in [0.717, 1.165) is 30.5 Å². The minimum Gasteiger partial charge on any atom is -0.450 e. The summed E-state index contributed by atoms with van der Waals surface area (Å²) in [5.74, 6) is 1.00. The fourth-order valence-electron chi connectivity index (χ4n) is 2.77. The number of carbonyl (C=O) groups excluding carboxylic acids is 1. The third kappa shape index (κ3) is 9.09. The van der Waals surface area contributed by atoms with E-state index >= 15 is 0 Å². The van der Waals surface area contributed by atoms with Crippen LogP contribution in [0.1, 0.15) is 30.9 Å². The Labute approximate surface area is 186 Å². The molecule has 1 saturated carbocycles. The second-order valence-electron chi connectivity index (χ2n) is 6.63. The summed E-state index contributed by atoms with van der Waals surface area (Å²) in [6, 6.07) is 5.10. The quantitative estimate of drug-likeness (QED) is 0.274. The highest BCUT2D eigenvalue weighted by atomic mass is 127. The van der Waals surface area contributed by atoms with Crippen LogP contribution in [-0.4, -0.2) is 44.8 Å². The molecule has 0 aliphatic heterocycles. The van der Waals surface area contributed by atoms with Crippen LogP contribution in [0.3, 0.4) is 0 Å². The number of nitrogens with zero attached hydrogens (tertiary/aromatic N) is 1. The summed E-state index contributed by atoms with van der Waals surface area (Å²) in [5, 5.41) is 9.16. The first kappa shape index (κ1) is 25.3. The van der Waals surface area contributed by atoms with E-state index in [0.29, 0.717) is 38.0 Å². The molecule has 0 spiro atoms. The van der Waals surface area contributed by atoms with Crippen molar-refractivity contribution in [1.82, 2.24) is 16.0 Å². The van der Waals surface area contributed by atoms with Crippen molar-refractivity contribution < 1.29 is 22.7 Å². The van der Waals surface area contributed by atoms with Gasteiger partial charge >= 0.3 is 12.3 Å². The lowest BCUT2D eigenvalue weighted by molar-refractivity contribution is -0.137. The van der Waals surface area contributed by atoms with Crippen molar-refractivity contribution in [3.63, 3.8) is 0 Å². The van der Waals surface area contributed by atoms with Gasteiger partial charge in [-0.2, -0.15) is 13.2 Å². The van der Waals surface area contributed by atoms with Crippen LogP contribution in [-0.2, 0) is 17.3 Å². The van der Waals surface area contributed by atoms with E-state index in [1.54, 1.807) is 14.0 Å².